The summed E-state index contributed by atoms with van der Waals surface area (Å²) in [4.78, 5) is 6.16. The Balaban J connectivity index is 2.33. The Morgan fingerprint density at radius 2 is 2.00 bits per heavy atom. The van der Waals surface area contributed by atoms with Gasteiger partial charge in [-0.1, -0.05) is 11.6 Å². The summed E-state index contributed by atoms with van der Waals surface area (Å²) >= 11 is 6.25. The summed E-state index contributed by atoms with van der Waals surface area (Å²) in [5.74, 6) is 0.827. The van der Waals surface area contributed by atoms with Gasteiger partial charge < -0.3 is 15.4 Å². The molecule has 0 aliphatic carbocycles. The van der Waals surface area contributed by atoms with Gasteiger partial charge in [0.05, 0.1) is 17.8 Å². The number of hydrogen-bond donors (Lipinski definition) is 1. The van der Waals surface area contributed by atoms with Crippen LogP contribution in [0.1, 0.15) is 6.42 Å². The molecule has 0 radical (unpaired) electrons. The fourth-order valence-corrected chi connectivity index (χ4v) is 2.21. The quantitative estimate of drug-likeness (QED) is 0.888. The van der Waals surface area contributed by atoms with Gasteiger partial charge >= 0.3 is 0 Å². The Hall–Kier alpha value is -1.78. The molecule has 0 bridgehead atoms. The maximum Gasteiger partial charge on any atom is 0.119 e. The van der Waals surface area contributed by atoms with Crippen LogP contribution in [0.25, 0.3) is 0 Å². The lowest BCUT2D eigenvalue weighted by Crippen LogP contribution is -2.21. The van der Waals surface area contributed by atoms with Gasteiger partial charge in [0.15, 0.2) is 0 Å². The van der Waals surface area contributed by atoms with Crippen LogP contribution in [0.2, 0.25) is 5.02 Å². The molecule has 2 N–H and O–H groups in total. The molecule has 0 saturated carbocycles. The third kappa shape index (κ3) is 3.40. The van der Waals surface area contributed by atoms with Crippen molar-refractivity contribution in [2.24, 2.45) is 5.73 Å². The van der Waals surface area contributed by atoms with Crippen LogP contribution in [0, 0.1) is 0 Å². The molecule has 4 nitrogen and oxygen atoms in total. The van der Waals surface area contributed by atoms with Crippen LogP contribution in [0.3, 0.4) is 0 Å². The van der Waals surface area contributed by atoms with Crippen molar-refractivity contribution in [1.82, 2.24) is 4.98 Å². The van der Waals surface area contributed by atoms with Crippen LogP contribution in [0.15, 0.2) is 42.7 Å². The van der Waals surface area contributed by atoms with E-state index in [4.69, 9.17) is 22.1 Å². The molecule has 1 aromatic heterocycles. The Bertz CT molecular complexity index is 545. The number of anilines is 2. The van der Waals surface area contributed by atoms with Crippen molar-refractivity contribution in [3.63, 3.8) is 0 Å². The Morgan fingerprint density at radius 3 is 2.60 bits per heavy atom. The van der Waals surface area contributed by atoms with Gasteiger partial charge in [0, 0.05) is 24.6 Å². The van der Waals surface area contributed by atoms with Crippen molar-refractivity contribution in [2.75, 3.05) is 25.1 Å². The van der Waals surface area contributed by atoms with Gasteiger partial charge in [0.25, 0.3) is 0 Å². The Labute approximate surface area is 124 Å². The molecule has 0 unspecified atom stereocenters. The first-order valence-corrected chi connectivity index (χ1v) is 6.85. The van der Waals surface area contributed by atoms with E-state index in [-0.39, 0.29) is 0 Å². The maximum atomic E-state index is 6.25. The second-order valence-corrected chi connectivity index (χ2v) is 4.73. The Morgan fingerprint density at radius 1 is 1.25 bits per heavy atom. The number of nitrogens with two attached hydrogens (primary N) is 1. The fraction of sp³-hybridized carbons (Fsp3) is 0.267. The smallest absolute Gasteiger partial charge is 0.119 e. The maximum absolute atomic E-state index is 6.25. The first-order chi connectivity index (χ1) is 9.76. The number of benzene rings is 1. The minimum Gasteiger partial charge on any atom is -0.497 e. The number of nitrogens with zero attached hydrogens (tertiary/aromatic N) is 2. The average molecular weight is 292 g/mol. The van der Waals surface area contributed by atoms with Crippen molar-refractivity contribution in [1.29, 1.82) is 0 Å². The highest BCUT2D eigenvalue weighted by molar-refractivity contribution is 6.33. The highest BCUT2D eigenvalue weighted by Crippen LogP contribution is 2.32. The van der Waals surface area contributed by atoms with E-state index < -0.39 is 0 Å². The molecule has 0 spiro atoms. The second kappa shape index (κ2) is 7.12. The van der Waals surface area contributed by atoms with Crippen molar-refractivity contribution in [2.45, 2.75) is 6.42 Å². The van der Waals surface area contributed by atoms with Crippen LogP contribution in [0.4, 0.5) is 11.4 Å². The van der Waals surface area contributed by atoms with Gasteiger partial charge in [-0.25, -0.2) is 0 Å². The summed E-state index contributed by atoms with van der Waals surface area (Å²) < 4.78 is 5.18. The molecule has 2 rings (SSSR count). The summed E-state index contributed by atoms with van der Waals surface area (Å²) in [6.45, 7) is 1.43. The molecular formula is C15H18ClN3O. The van der Waals surface area contributed by atoms with Crippen molar-refractivity contribution < 1.29 is 4.74 Å². The van der Waals surface area contributed by atoms with Crippen LogP contribution < -0.4 is 15.4 Å². The molecular weight excluding hydrogens is 274 g/mol. The van der Waals surface area contributed by atoms with Crippen molar-refractivity contribution in [3.8, 4) is 5.75 Å². The standard InChI is InChI=1S/C15H18ClN3O/c1-20-13-5-3-12(4-6-13)19(10-2-8-17)15-7-9-18-11-14(15)16/h3-7,9,11H,2,8,10,17H2,1H3. The normalized spacial score (nSPS) is 10.3. The molecule has 0 aliphatic heterocycles. The van der Waals surface area contributed by atoms with E-state index in [9.17, 15) is 0 Å². The van der Waals surface area contributed by atoms with E-state index in [1.54, 1.807) is 19.5 Å². The molecule has 0 saturated heterocycles. The summed E-state index contributed by atoms with van der Waals surface area (Å²) in [7, 11) is 1.65. The zero-order valence-electron chi connectivity index (χ0n) is 11.4. The third-order valence-electron chi connectivity index (χ3n) is 3.01. The van der Waals surface area contributed by atoms with Gasteiger partial charge in [0.2, 0.25) is 0 Å². The van der Waals surface area contributed by atoms with Gasteiger partial charge in [-0.05, 0) is 43.3 Å². The predicted molar refractivity (Wildman–Crippen MR) is 82.9 cm³/mol. The molecule has 20 heavy (non-hydrogen) atoms. The number of methoxy groups -OCH3 is 1. The zero-order valence-corrected chi connectivity index (χ0v) is 12.2. The van der Waals surface area contributed by atoms with Crippen LogP contribution >= 0.6 is 11.6 Å². The molecule has 106 valence electrons. The number of ether oxygens (including phenoxy) is 1. The highest BCUT2D eigenvalue weighted by atomic mass is 35.5. The molecule has 2 aromatic rings. The lowest BCUT2D eigenvalue weighted by Gasteiger charge is -2.25. The number of halogens is 1. The predicted octanol–water partition coefficient (Wildman–Crippen LogP) is 3.23. The summed E-state index contributed by atoms with van der Waals surface area (Å²) in [6, 6.07) is 9.78. The largest absolute Gasteiger partial charge is 0.497 e. The van der Waals surface area contributed by atoms with E-state index in [1.807, 2.05) is 30.3 Å². The lowest BCUT2D eigenvalue weighted by molar-refractivity contribution is 0.415. The monoisotopic (exact) mass is 291 g/mol. The first-order valence-electron chi connectivity index (χ1n) is 6.47. The van der Waals surface area contributed by atoms with Crippen LogP contribution in [-0.2, 0) is 0 Å². The minimum atomic E-state index is 0.625. The number of rotatable bonds is 6. The van der Waals surface area contributed by atoms with E-state index in [2.05, 4.69) is 9.88 Å². The van der Waals surface area contributed by atoms with Crippen LogP contribution in [0.5, 0.6) is 5.75 Å². The topological polar surface area (TPSA) is 51.4 Å². The minimum absolute atomic E-state index is 0.625. The molecule has 5 heteroatoms. The molecule has 0 atom stereocenters. The fourth-order valence-electron chi connectivity index (χ4n) is 1.99. The molecule has 1 aromatic carbocycles. The first kappa shape index (κ1) is 14.6. The molecule has 0 fully saturated rings. The van der Waals surface area contributed by atoms with Crippen molar-refractivity contribution in [3.05, 3.63) is 47.7 Å². The van der Waals surface area contributed by atoms with Gasteiger partial charge in [0.1, 0.15) is 5.75 Å². The molecule has 1 heterocycles. The van der Waals surface area contributed by atoms with Gasteiger partial charge in [-0.3, -0.25) is 4.98 Å². The number of aromatic nitrogens is 1. The third-order valence-corrected chi connectivity index (χ3v) is 3.30. The van der Waals surface area contributed by atoms with Crippen molar-refractivity contribution >= 4 is 23.0 Å². The number of hydrogen-bond acceptors (Lipinski definition) is 4. The van der Waals surface area contributed by atoms with E-state index in [0.29, 0.717) is 11.6 Å². The summed E-state index contributed by atoms with van der Waals surface area (Å²) in [5, 5.41) is 0.625. The zero-order chi connectivity index (χ0) is 14.4. The SMILES string of the molecule is COc1ccc(N(CCCN)c2ccncc2Cl)cc1. The van der Waals surface area contributed by atoms with E-state index >= 15 is 0 Å². The Kier molecular flexibility index (Phi) is 5.21. The van der Waals surface area contributed by atoms with Crippen LogP contribution in [-0.4, -0.2) is 25.2 Å². The average Bonchev–Trinajstić information content (AvgIpc) is 2.50. The summed E-state index contributed by atoms with van der Waals surface area (Å²) in [6.07, 6.45) is 4.26. The van der Waals surface area contributed by atoms with E-state index in [0.717, 1.165) is 30.1 Å². The second-order valence-electron chi connectivity index (χ2n) is 4.32. The molecule has 0 aliphatic rings. The van der Waals surface area contributed by atoms with Gasteiger partial charge in [-0.2, -0.15) is 0 Å². The highest BCUT2D eigenvalue weighted by Gasteiger charge is 2.12. The van der Waals surface area contributed by atoms with E-state index in [1.165, 1.54) is 0 Å². The number of pyridine rings is 1. The van der Waals surface area contributed by atoms with Gasteiger partial charge in [-0.15, -0.1) is 0 Å². The lowest BCUT2D eigenvalue weighted by atomic mass is 10.2. The molecule has 0 amide bonds. The summed E-state index contributed by atoms with van der Waals surface area (Å²) in [5.41, 5.74) is 7.60.